The first-order valence-electron chi connectivity index (χ1n) is 16.4. The normalized spacial score (nSPS) is 15.0. The molecule has 0 radical (unpaired) electrons. The first-order valence-corrected chi connectivity index (χ1v) is 16.4. The summed E-state index contributed by atoms with van der Waals surface area (Å²) in [4.78, 5) is 14.7. The number of rotatable bonds is 5. The van der Waals surface area contributed by atoms with Crippen LogP contribution in [0.4, 0.5) is 0 Å². The second-order valence-corrected chi connectivity index (χ2v) is 12.5. The molecule has 226 valence electrons. The first kappa shape index (κ1) is 28.1. The van der Waals surface area contributed by atoms with Crippen molar-refractivity contribution in [2.75, 3.05) is 0 Å². The Labute approximate surface area is 279 Å². The maximum Gasteiger partial charge on any atom is 0.159 e. The van der Waals surface area contributed by atoms with Crippen molar-refractivity contribution in [1.82, 2.24) is 15.0 Å². The Hall–Kier alpha value is -6.19. The van der Waals surface area contributed by atoms with Crippen LogP contribution in [0.1, 0.15) is 12.0 Å². The van der Waals surface area contributed by atoms with Crippen molar-refractivity contribution in [3.05, 3.63) is 186 Å². The summed E-state index contributed by atoms with van der Waals surface area (Å²) in [5.41, 5.74) is 11.2. The van der Waals surface area contributed by atoms with Gasteiger partial charge in [0.25, 0.3) is 0 Å². The molecule has 2 heterocycles. The Balaban J connectivity index is 1.23. The summed E-state index contributed by atoms with van der Waals surface area (Å²) in [7, 11) is 0. The van der Waals surface area contributed by atoms with E-state index in [-0.39, 0.29) is 0 Å². The fourth-order valence-corrected chi connectivity index (χ4v) is 7.19. The van der Waals surface area contributed by atoms with Crippen LogP contribution in [-0.4, -0.2) is 15.0 Å². The lowest BCUT2D eigenvalue weighted by atomic mass is 9.80. The van der Waals surface area contributed by atoms with Crippen LogP contribution in [0.3, 0.4) is 0 Å². The molecule has 0 saturated carbocycles. The lowest BCUT2D eigenvalue weighted by molar-refractivity contribution is 0.845. The van der Waals surface area contributed by atoms with Crippen molar-refractivity contribution in [2.45, 2.75) is 6.42 Å². The van der Waals surface area contributed by atoms with Crippen LogP contribution in [0.2, 0.25) is 0 Å². The maximum atomic E-state index is 5.34. The smallest absolute Gasteiger partial charge is 0.159 e. The number of hydrogen-bond acceptors (Lipinski definition) is 3. The number of pyridine rings is 1. The van der Waals surface area contributed by atoms with E-state index in [1.807, 2.05) is 18.5 Å². The van der Waals surface area contributed by atoms with Gasteiger partial charge in [0.1, 0.15) is 0 Å². The van der Waals surface area contributed by atoms with Crippen LogP contribution in [0.25, 0.3) is 66.8 Å². The number of benzene rings is 5. The predicted molar refractivity (Wildman–Crippen MR) is 197 cm³/mol. The van der Waals surface area contributed by atoms with Crippen LogP contribution < -0.4 is 10.4 Å². The molecule has 0 amide bonds. The Bertz CT molecular complexity index is 2540. The number of aromatic nitrogens is 3. The average molecular weight is 614 g/mol. The number of hydrogen-bond donors (Lipinski definition) is 0. The highest BCUT2D eigenvalue weighted by Gasteiger charge is 2.22. The maximum absolute atomic E-state index is 5.34. The second-order valence-electron chi connectivity index (χ2n) is 12.5. The molecule has 1 unspecified atom stereocenters. The van der Waals surface area contributed by atoms with Crippen LogP contribution in [-0.2, 0) is 0 Å². The van der Waals surface area contributed by atoms with E-state index in [1.165, 1.54) is 37.9 Å². The number of fused-ring (bicyclic) bond motifs is 3. The van der Waals surface area contributed by atoms with Gasteiger partial charge >= 0.3 is 0 Å². The van der Waals surface area contributed by atoms with Crippen LogP contribution in [0.5, 0.6) is 0 Å². The largest absolute Gasteiger partial charge is 0.264 e. The minimum absolute atomic E-state index is 0.368. The fourth-order valence-electron chi connectivity index (χ4n) is 7.19. The average Bonchev–Trinajstić information content (AvgIpc) is 3.17. The van der Waals surface area contributed by atoms with Crippen molar-refractivity contribution in [3.8, 4) is 44.9 Å². The van der Waals surface area contributed by atoms with Crippen molar-refractivity contribution in [1.29, 1.82) is 0 Å². The minimum Gasteiger partial charge on any atom is -0.264 e. The monoisotopic (exact) mass is 613 g/mol. The second kappa shape index (κ2) is 11.9. The third-order valence-electron chi connectivity index (χ3n) is 9.57. The van der Waals surface area contributed by atoms with Gasteiger partial charge in [0.15, 0.2) is 5.82 Å². The van der Waals surface area contributed by atoms with E-state index >= 15 is 0 Å². The molecule has 0 fully saturated rings. The predicted octanol–water partition coefficient (Wildman–Crippen LogP) is 9.19. The molecule has 2 aliphatic carbocycles. The molecular weight excluding hydrogens is 583 g/mol. The van der Waals surface area contributed by atoms with Gasteiger partial charge < -0.3 is 0 Å². The number of nitrogens with zero attached hydrogens (tertiary/aromatic N) is 3. The van der Waals surface area contributed by atoms with Gasteiger partial charge in [0.05, 0.1) is 5.69 Å². The van der Waals surface area contributed by atoms with Crippen molar-refractivity contribution in [2.24, 2.45) is 5.92 Å². The first-order chi connectivity index (χ1) is 23.8. The van der Waals surface area contributed by atoms with Gasteiger partial charge in [-0.1, -0.05) is 127 Å². The molecule has 3 heteroatoms. The molecule has 0 spiro atoms. The molecule has 3 nitrogen and oxygen atoms in total. The third-order valence-corrected chi connectivity index (χ3v) is 9.57. The molecule has 2 aromatic heterocycles. The third kappa shape index (κ3) is 5.06. The summed E-state index contributed by atoms with van der Waals surface area (Å²) in [6.45, 7) is 0. The standard InChI is InChI=1S/C45H31N3/c1-2-11-31-25-37(22-21-30(31)10-1)45-47-29-43(34-15-7-13-32(24-34)38-17-9-23-46-28-38)44(48-45)36-16-8-14-33(26-36)42-27-35-12-3-4-18-39(35)40-19-5-6-20-41(40)42/h1-26,28-29,35H,27H2. The summed E-state index contributed by atoms with van der Waals surface area (Å²) < 4.78 is 0. The highest BCUT2D eigenvalue weighted by molar-refractivity contribution is 5.88. The molecular formula is C45H31N3. The van der Waals surface area contributed by atoms with E-state index in [2.05, 4.69) is 151 Å². The molecule has 2 aliphatic rings. The molecule has 9 rings (SSSR count). The van der Waals surface area contributed by atoms with Crippen molar-refractivity contribution < 1.29 is 0 Å². The molecule has 7 aromatic rings. The van der Waals surface area contributed by atoms with Gasteiger partial charge in [0.2, 0.25) is 0 Å². The van der Waals surface area contributed by atoms with E-state index in [4.69, 9.17) is 9.97 Å². The van der Waals surface area contributed by atoms with Gasteiger partial charge in [-0.25, -0.2) is 9.97 Å². The van der Waals surface area contributed by atoms with E-state index in [0.717, 1.165) is 45.5 Å². The summed E-state index contributed by atoms with van der Waals surface area (Å²) in [5, 5.41) is 5.00. The zero-order valence-electron chi connectivity index (χ0n) is 26.3. The van der Waals surface area contributed by atoms with Crippen molar-refractivity contribution >= 4 is 21.9 Å². The minimum atomic E-state index is 0.368. The Morgan fingerprint density at radius 3 is 2.21 bits per heavy atom. The van der Waals surface area contributed by atoms with Gasteiger partial charge in [0, 0.05) is 46.8 Å². The number of allylic oxidation sites excluding steroid dienone is 4. The molecule has 0 aliphatic heterocycles. The van der Waals surface area contributed by atoms with E-state index in [0.29, 0.717) is 11.7 Å². The lowest BCUT2D eigenvalue weighted by Gasteiger charge is -2.24. The van der Waals surface area contributed by atoms with Gasteiger partial charge in [-0.2, -0.15) is 0 Å². The van der Waals surface area contributed by atoms with E-state index in [9.17, 15) is 0 Å². The van der Waals surface area contributed by atoms with Crippen LogP contribution >= 0.6 is 0 Å². The zero-order valence-corrected chi connectivity index (χ0v) is 26.3. The lowest BCUT2D eigenvalue weighted by Crippen LogP contribution is -2.35. The van der Waals surface area contributed by atoms with E-state index in [1.54, 1.807) is 6.20 Å². The van der Waals surface area contributed by atoms with Gasteiger partial charge in [-0.05, 0) is 79.7 Å². The summed E-state index contributed by atoms with van der Waals surface area (Å²) >= 11 is 0. The van der Waals surface area contributed by atoms with E-state index < -0.39 is 0 Å². The molecule has 5 aromatic carbocycles. The molecule has 0 bridgehead atoms. The Kier molecular flexibility index (Phi) is 6.94. The molecule has 0 N–H and O–H groups in total. The van der Waals surface area contributed by atoms with Crippen LogP contribution in [0.15, 0.2) is 170 Å². The SMILES string of the molecule is C1=CC2=c3ccccc3=C(c3cccc(-c4nc(-c5ccc6ccccc6c5)ncc4-c4cccc(-c5cccnc5)c4)c3)CC2C=C1. The molecule has 0 saturated heterocycles. The van der Waals surface area contributed by atoms with Crippen LogP contribution in [0, 0.1) is 5.92 Å². The summed E-state index contributed by atoms with van der Waals surface area (Å²) in [6.07, 6.45) is 15.6. The van der Waals surface area contributed by atoms with Crippen molar-refractivity contribution in [3.63, 3.8) is 0 Å². The quantitative estimate of drug-likeness (QED) is 0.194. The molecule has 48 heavy (non-hydrogen) atoms. The fraction of sp³-hybridized carbons (Fsp3) is 0.0444. The highest BCUT2D eigenvalue weighted by atomic mass is 14.9. The zero-order chi connectivity index (χ0) is 31.9. The highest BCUT2D eigenvalue weighted by Crippen LogP contribution is 2.37. The Morgan fingerprint density at radius 2 is 1.31 bits per heavy atom. The Morgan fingerprint density at radius 1 is 0.542 bits per heavy atom. The van der Waals surface area contributed by atoms with Gasteiger partial charge in [-0.15, -0.1) is 0 Å². The summed E-state index contributed by atoms with van der Waals surface area (Å²) in [5.74, 6) is 1.08. The topological polar surface area (TPSA) is 38.7 Å². The molecule has 1 atom stereocenters. The summed E-state index contributed by atoms with van der Waals surface area (Å²) in [6, 6.07) is 45.3. The van der Waals surface area contributed by atoms with Gasteiger partial charge in [-0.3, -0.25) is 4.98 Å².